The Morgan fingerprint density at radius 1 is 0.878 bits per heavy atom. The molecular formula is C35H35N3O3. The van der Waals surface area contributed by atoms with E-state index in [1.54, 1.807) is 0 Å². The summed E-state index contributed by atoms with van der Waals surface area (Å²) in [6.45, 7) is 1.83. The number of anilines is 1. The summed E-state index contributed by atoms with van der Waals surface area (Å²) in [6, 6.07) is 36.1. The standard InChI is InChI=1S/C35H35N3O3/c39-34(36-21-20-30(25-11-3-1-4-12-25)26-13-5-2-6-14-26)27-15-9-16-28(23-27)37-33-31-18-7-8-19-32(31)35(40)38(33)24-29-17-10-22-41-29/h1-9,11-16,18-19,23,29-30,33,37H,10,17,20-22,24H2,(H,36,39). The highest BCUT2D eigenvalue weighted by Crippen LogP contribution is 2.35. The van der Waals surface area contributed by atoms with Gasteiger partial charge in [-0.1, -0.05) is 84.9 Å². The molecule has 41 heavy (non-hydrogen) atoms. The molecule has 0 spiro atoms. The van der Waals surface area contributed by atoms with E-state index < -0.39 is 0 Å². The molecule has 2 amide bonds. The number of amides is 2. The first kappa shape index (κ1) is 26.8. The van der Waals surface area contributed by atoms with Crippen LogP contribution in [0.25, 0.3) is 0 Å². The Kier molecular flexibility index (Phi) is 8.10. The molecule has 2 heterocycles. The van der Waals surface area contributed by atoms with Gasteiger partial charge in [0.15, 0.2) is 0 Å². The summed E-state index contributed by atoms with van der Waals surface area (Å²) in [5.74, 6) is 0.0852. The van der Waals surface area contributed by atoms with Crippen molar-refractivity contribution in [1.82, 2.24) is 10.2 Å². The van der Waals surface area contributed by atoms with Gasteiger partial charge in [0.25, 0.3) is 11.8 Å². The number of rotatable bonds is 10. The van der Waals surface area contributed by atoms with E-state index in [9.17, 15) is 9.59 Å². The van der Waals surface area contributed by atoms with Crippen LogP contribution in [0.5, 0.6) is 0 Å². The molecule has 6 nitrogen and oxygen atoms in total. The monoisotopic (exact) mass is 545 g/mol. The zero-order valence-corrected chi connectivity index (χ0v) is 23.0. The van der Waals surface area contributed by atoms with Crippen LogP contribution in [0, 0.1) is 0 Å². The molecule has 2 atom stereocenters. The van der Waals surface area contributed by atoms with E-state index in [1.807, 2.05) is 65.6 Å². The topological polar surface area (TPSA) is 70.7 Å². The van der Waals surface area contributed by atoms with Crippen LogP contribution in [0.4, 0.5) is 5.69 Å². The van der Waals surface area contributed by atoms with Crippen molar-refractivity contribution >= 4 is 17.5 Å². The maximum atomic E-state index is 13.3. The third kappa shape index (κ3) is 6.03. The van der Waals surface area contributed by atoms with Crippen molar-refractivity contribution in [3.63, 3.8) is 0 Å². The molecular weight excluding hydrogens is 510 g/mol. The molecule has 0 aliphatic carbocycles. The molecule has 0 saturated carbocycles. The zero-order chi connectivity index (χ0) is 28.0. The minimum Gasteiger partial charge on any atom is -0.376 e. The molecule has 0 radical (unpaired) electrons. The number of nitrogens with one attached hydrogen (secondary N) is 2. The zero-order valence-electron chi connectivity index (χ0n) is 23.0. The third-order valence-corrected chi connectivity index (χ3v) is 8.03. The second-order valence-electron chi connectivity index (χ2n) is 10.7. The Bertz CT molecular complexity index is 1450. The maximum Gasteiger partial charge on any atom is 0.256 e. The van der Waals surface area contributed by atoms with E-state index in [4.69, 9.17) is 4.74 Å². The van der Waals surface area contributed by atoms with E-state index in [2.05, 4.69) is 59.2 Å². The van der Waals surface area contributed by atoms with Crippen LogP contribution in [0.15, 0.2) is 109 Å². The van der Waals surface area contributed by atoms with Crippen molar-refractivity contribution < 1.29 is 14.3 Å². The van der Waals surface area contributed by atoms with Crippen molar-refractivity contribution in [2.45, 2.75) is 37.5 Å². The number of nitrogens with zero attached hydrogens (tertiary/aromatic N) is 1. The lowest BCUT2D eigenvalue weighted by Gasteiger charge is -2.29. The highest BCUT2D eigenvalue weighted by molar-refractivity contribution is 5.99. The fraction of sp³-hybridized carbons (Fsp3) is 0.257. The van der Waals surface area contributed by atoms with Gasteiger partial charge in [-0.25, -0.2) is 0 Å². The van der Waals surface area contributed by atoms with Crippen LogP contribution < -0.4 is 10.6 Å². The summed E-state index contributed by atoms with van der Waals surface area (Å²) in [7, 11) is 0. The number of benzene rings is 4. The molecule has 2 N–H and O–H groups in total. The van der Waals surface area contributed by atoms with Gasteiger partial charge in [-0.3, -0.25) is 9.59 Å². The van der Waals surface area contributed by atoms with Crippen LogP contribution >= 0.6 is 0 Å². The van der Waals surface area contributed by atoms with Crippen LogP contribution in [-0.2, 0) is 4.74 Å². The summed E-state index contributed by atoms with van der Waals surface area (Å²) in [5, 5.41) is 6.66. The predicted molar refractivity (Wildman–Crippen MR) is 161 cm³/mol. The van der Waals surface area contributed by atoms with E-state index >= 15 is 0 Å². The highest BCUT2D eigenvalue weighted by atomic mass is 16.5. The van der Waals surface area contributed by atoms with E-state index in [0.29, 0.717) is 24.2 Å². The maximum absolute atomic E-state index is 13.3. The number of carbonyl (C=O) groups is 2. The Balaban J connectivity index is 1.14. The Labute approximate surface area is 241 Å². The van der Waals surface area contributed by atoms with Gasteiger partial charge < -0.3 is 20.3 Å². The molecule has 4 aromatic rings. The van der Waals surface area contributed by atoms with Crippen molar-refractivity contribution in [3.05, 3.63) is 137 Å². The summed E-state index contributed by atoms with van der Waals surface area (Å²) < 4.78 is 5.85. The molecule has 6 rings (SSSR count). The van der Waals surface area contributed by atoms with Gasteiger partial charge in [0.05, 0.1) is 6.10 Å². The summed E-state index contributed by atoms with van der Waals surface area (Å²) in [5.41, 5.74) is 5.49. The summed E-state index contributed by atoms with van der Waals surface area (Å²) in [6.07, 6.45) is 2.49. The van der Waals surface area contributed by atoms with Gasteiger partial charge in [0.2, 0.25) is 0 Å². The van der Waals surface area contributed by atoms with Crippen LogP contribution in [0.1, 0.15) is 68.8 Å². The van der Waals surface area contributed by atoms with Gasteiger partial charge in [-0.05, 0) is 54.7 Å². The second kappa shape index (κ2) is 12.4. The van der Waals surface area contributed by atoms with Crippen LogP contribution in [0.2, 0.25) is 0 Å². The Morgan fingerprint density at radius 2 is 1.59 bits per heavy atom. The first-order valence-corrected chi connectivity index (χ1v) is 14.4. The minimum atomic E-state index is -0.321. The second-order valence-corrected chi connectivity index (χ2v) is 10.7. The smallest absolute Gasteiger partial charge is 0.256 e. The van der Waals surface area contributed by atoms with Crippen molar-refractivity contribution in [1.29, 1.82) is 0 Å². The van der Waals surface area contributed by atoms with Gasteiger partial charge >= 0.3 is 0 Å². The lowest BCUT2D eigenvalue weighted by Crippen LogP contribution is -2.38. The van der Waals surface area contributed by atoms with Gasteiger partial charge in [-0.15, -0.1) is 0 Å². The first-order chi connectivity index (χ1) is 20.2. The Hall–Kier alpha value is -4.42. The molecule has 2 aliphatic rings. The van der Waals surface area contributed by atoms with Crippen molar-refractivity contribution in [2.75, 3.05) is 25.0 Å². The van der Waals surface area contributed by atoms with E-state index in [-0.39, 0.29) is 30.0 Å². The van der Waals surface area contributed by atoms with Crippen molar-refractivity contribution in [3.8, 4) is 0 Å². The largest absolute Gasteiger partial charge is 0.376 e. The number of hydrogen-bond donors (Lipinski definition) is 2. The van der Waals surface area contributed by atoms with Crippen LogP contribution in [-0.4, -0.2) is 42.5 Å². The highest BCUT2D eigenvalue weighted by Gasteiger charge is 2.38. The van der Waals surface area contributed by atoms with E-state index in [1.165, 1.54) is 11.1 Å². The lowest BCUT2D eigenvalue weighted by atomic mass is 9.88. The number of carbonyl (C=O) groups excluding carboxylic acids is 2. The predicted octanol–water partition coefficient (Wildman–Crippen LogP) is 6.38. The molecule has 4 aromatic carbocycles. The summed E-state index contributed by atoms with van der Waals surface area (Å²) in [4.78, 5) is 28.4. The molecule has 2 unspecified atom stereocenters. The molecule has 0 bridgehead atoms. The molecule has 0 aromatic heterocycles. The van der Waals surface area contributed by atoms with Crippen LogP contribution in [0.3, 0.4) is 0 Å². The molecule has 1 fully saturated rings. The molecule has 2 aliphatic heterocycles. The third-order valence-electron chi connectivity index (χ3n) is 8.03. The average molecular weight is 546 g/mol. The summed E-state index contributed by atoms with van der Waals surface area (Å²) >= 11 is 0. The molecule has 1 saturated heterocycles. The molecule has 208 valence electrons. The van der Waals surface area contributed by atoms with E-state index in [0.717, 1.165) is 37.1 Å². The van der Waals surface area contributed by atoms with Crippen molar-refractivity contribution in [2.24, 2.45) is 0 Å². The fourth-order valence-electron chi connectivity index (χ4n) is 5.96. The SMILES string of the molecule is O=C(NCCC(c1ccccc1)c1ccccc1)c1cccc(NC2c3ccccc3C(=O)N2CC2CCCO2)c1. The van der Waals surface area contributed by atoms with Gasteiger partial charge in [-0.2, -0.15) is 0 Å². The fourth-order valence-corrected chi connectivity index (χ4v) is 5.96. The molecule has 6 heteroatoms. The first-order valence-electron chi connectivity index (χ1n) is 14.4. The number of ether oxygens (including phenoxy) is 1. The number of hydrogen-bond acceptors (Lipinski definition) is 4. The van der Waals surface area contributed by atoms with Gasteiger partial charge in [0.1, 0.15) is 6.17 Å². The van der Waals surface area contributed by atoms with Gasteiger partial charge in [0, 0.05) is 48.0 Å². The lowest BCUT2D eigenvalue weighted by molar-refractivity contribution is 0.0488. The number of fused-ring (bicyclic) bond motifs is 1. The Morgan fingerprint density at radius 3 is 2.29 bits per heavy atom. The minimum absolute atomic E-state index is 0.00823. The average Bonchev–Trinajstić information content (AvgIpc) is 3.63. The normalized spacial score (nSPS) is 18.0. The quantitative estimate of drug-likeness (QED) is 0.243.